The summed E-state index contributed by atoms with van der Waals surface area (Å²) in [7, 11) is 3.30. The molecule has 0 aromatic carbocycles. The molecule has 0 aliphatic heterocycles. The van der Waals surface area contributed by atoms with Gasteiger partial charge in [0.1, 0.15) is 18.3 Å². The number of ether oxygens (including phenoxy) is 6. The van der Waals surface area contributed by atoms with Crippen molar-refractivity contribution in [3.8, 4) is 0 Å². The molecule has 13 heteroatoms. The summed E-state index contributed by atoms with van der Waals surface area (Å²) in [6, 6.07) is 0. The summed E-state index contributed by atoms with van der Waals surface area (Å²) in [5.41, 5.74) is -1.03. The van der Waals surface area contributed by atoms with Crippen LogP contribution in [0.3, 0.4) is 0 Å². The van der Waals surface area contributed by atoms with Gasteiger partial charge in [-0.2, -0.15) is 0 Å². The zero-order valence-electron chi connectivity index (χ0n) is 45.3. The lowest BCUT2D eigenvalue weighted by Crippen LogP contribution is -2.68. The third-order valence-electron chi connectivity index (χ3n) is 20.1. The number of carbonyl (C=O) groups excluding carboxylic acids is 3. The van der Waals surface area contributed by atoms with E-state index >= 15 is 4.79 Å². The van der Waals surface area contributed by atoms with Crippen molar-refractivity contribution in [1.82, 2.24) is 0 Å². The molecule has 0 radical (unpaired) electrons. The molecular weight excluding hydrogens is 881 g/mol. The van der Waals surface area contributed by atoms with Gasteiger partial charge in [-0.25, -0.2) is 0 Å². The molecule has 18 atom stereocenters. The van der Waals surface area contributed by atoms with Gasteiger partial charge in [0.15, 0.2) is 0 Å². The number of aliphatic hydroxyl groups excluding tert-OH is 4. The molecule has 0 spiro atoms. The van der Waals surface area contributed by atoms with Crippen LogP contribution in [-0.4, -0.2) is 109 Å². The summed E-state index contributed by atoms with van der Waals surface area (Å²) in [6.07, 6.45) is 5.44. The lowest BCUT2D eigenvalue weighted by Gasteiger charge is -2.71. The first-order valence-electron chi connectivity index (χ1n) is 26.9. The van der Waals surface area contributed by atoms with E-state index in [0.717, 1.165) is 44.9 Å². The molecule has 4 N–H and O–H groups in total. The third-order valence-corrected chi connectivity index (χ3v) is 20.1. The van der Waals surface area contributed by atoms with Crippen molar-refractivity contribution < 1.29 is 63.2 Å². The molecule has 0 amide bonds. The van der Waals surface area contributed by atoms with Crippen molar-refractivity contribution in [1.29, 1.82) is 0 Å². The standard InChI is InChI=1S/C56H96O13/c1-15-34(4)41(66-33-64-13)26-37(58)28-47(61)67-42(35(5)16-2)27-38(59)29-48(62)68-49(36(6)17-3)69-50(63)56-25-24-51(7,8)30-40(56)39-18-19-44-52(9)22-21-46(65-14)53(10,32-57)43(52)20-23-54(44,11)55(39,12)31-45(56)60/h18,34-38,40-46,49,57-60H,15-17,19-33H2,1-14H3. The van der Waals surface area contributed by atoms with Crippen LogP contribution in [0.4, 0.5) is 0 Å². The van der Waals surface area contributed by atoms with Gasteiger partial charge in [-0.1, -0.05) is 108 Å². The van der Waals surface area contributed by atoms with Gasteiger partial charge in [-0.3, -0.25) is 14.4 Å². The maximum absolute atomic E-state index is 15.2. The third kappa shape index (κ3) is 11.3. The fourth-order valence-corrected chi connectivity index (χ4v) is 14.8. The van der Waals surface area contributed by atoms with Gasteiger partial charge in [0.2, 0.25) is 6.29 Å². The zero-order valence-corrected chi connectivity index (χ0v) is 45.3. The summed E-state index contributed by atoms with van der Waals surface area (Å²) >= 11 is 0. The molecule has 5 aliphatic rings. The average Bonchev–Trinajstić information content (AvgIpc) is 3.28. The minimum atomic E-state index is -1.25. The summed E-state index contributed by atoms with van der Waals surface area (Å²) < 4.78 is 35.1. The molecule has 0 aromatic rings. The summed E-state index contributed by atoms with van der Waals surface area (Å²) in [5.74, 6) is -1.96. The number of aliphatic hydroxyl groups is 4. The second-order valence-electron chi connectivity index (χ2n) is 24.6. The highest BCUT2D eigenvalue weighted by atomic mass is 16.7. The maximum atomic E-state index is 15.2. The molecule has 5 aliphatic carbocycles. The van der Waals surface area contributed by atoms with Gasteiger partial charge >= 0.3 is 17.9 Å². The molecule has 4 saturated carbocycles. The van der Waals surface area contributed by atoms with E-state index in [1.807, 2.05) is 41.5 Å². The minimum absolute atomic E-state index is 0.00179. The Labute approximate surface area is 415 Å². The van der Waals surface area contributed by atoms with Crippen LogP contribution in [0.2, 0.25) is 0 Å². The number of hydrogen-bond acceptors (Lipinski definition) is 13. The van der Waals surface area contributed by atoms with Gasteiger partial charge in [0, 0.05) is 38.4 Å². The SMILES string of the molecule is CCC(C)C(CC(O)CC(=O)OC(CC(O)CC(=O)OC(OC(=O)C12CCC(C)(C)CC1C1=CCC3C4(C)CCC(OC)C(C)(CO)C4CCC3(C)C1(C)CC2O)C(C)CC)C(C)CC)OCOC. The Morgan fingerprint density at radius 2 is 1.33 bits per heavy atom. The predicted octanol–water partition coefficient (Wildman–Crippen LogP) is 9.48. The van der Waals surface area contributed by atoms with Crippen LogP contribution in [0.5, 0.6) is 0 Å². The van der Waals surface area contributed by atoms with Gasteiger partial charge < -0.3 is 48.8 Å². The van der Waals surface area contributed by atoms with Crippen LogP contribution >= 0.6 is 0 Å². The van der Waals surface area contributed by atoms with Crippen LogP contribution < -0.4 is 0 Å². The normalized spacial score (nSPS) is 37.4. The largest absolute Gasteiger partial charge is 0.462 e. The number of allylic oxidation sites excluding steroid dienone is 2. The van der Waals surface area contributed by atoms with Crippen molar-refractivity contribution in [2.24, 2.45) is 68.0 Å². The molecule has 398 valence electrons. The van der Waals surface area contributed by atoms with E-state index in [0.29, 0.717) is 38.0 Å². The van der Waals surface area contributed by atoms with Crippen LogP contribution in [-0.2, 0) is 42.8 Å². The number of rotatable bonds is 23. The first kappa shape index (κ1) is 57.8. The number of esters is 3. The Balaban J connectivity index is 1.32. The van der Waals surface area contributed by atoms with E-state index in [4.69, 9.17) is 28.4 Å². The smallest absolute Gasteiger partial charge is 0.318 e. The number of hydrogen-bond donors (Lipinski definition) is 4. The molecule has 0 bridgehead atoms. The molecule has 13 nitrogen and oxygen atoms in total. The number of methoxy groups -OCH3 is 2. The molecule has 4 fully saturated rings. The molecule has 5 rings (SSSR count). The highest BCUT2D eigenvalue weighted by Gasteiger charge is 2.72. The van der Waals surface area contributed by atoms with Crippen LogP contribution in [0, 0.1) is 68.0 Å². The van der Waals surface area contributed by atoms with Crippen molar-refractivity contribution in [3.05, 3.63) is 11.6 Å². The van der Waals surface area contributed by atoms with Crippen LogP contribution in [0.1, 0.15) is 186 Å². The Bertz CT molecular complexity index is 1770. The highest BCUT2D eigenvalue weighted by Crippen LogP contribution is 2.76. The molecule has 0 saturated heterocycles. The second kappa shape index (κ2) is 23.0. The first-order valence-corrected chi connectivity index (χ1v) is 26.9. The van der Waals surface area contributed by atoms with E-state index < -0.39 is 65.9 Å². The molecule has 69 heavy (non-hydrogen) atoms. The van der Waals surface area contributed by atoms with E-state index in [2.05, 4.69) is 47.6 Å². The summed E-state index contributed by atoms with van der Waals surface area (Å²) in [5, 5.41) is 45.8. The number of fused-ring (bicyclic) bond motifs is 7. The van der Waals surface area contributed by atoms with E-state index in [1.54, 1.807) is 7.11 Å². The van der Waals surface area contributed by atoms with E-state index in [1.165, 1.54) is 12.7 Å². The topological polar surface area (TPSA) is 188 Å². The molecule has 18 unspecified atom stereocenters. The first-order chi connectivity index (χ1) is 32.3. The Hall–Kier alpha value is -2.13. The lowest BCUT2D eigenvalue weighted by atomic mass is 9.33. The van der Waals surface area contributed by atoms with Gasteiger partial charge in [0.05, 0.1) is 50.0 Å². The highest BCUT2D eigenvalue weighted by molar-refractivity contribution is 5.80. The summed E-state index contributed by atoms with van der Waals surface area (Å²) in [4.78, 5) is 42.1. The van der Waals surface area contributed by atoms with Gasteiger partial charge in [-0.05, 0) is 115 Å². The minimum Gasteiger partial charge on any atom is -0.462 e. The van der Waals surface area contributed by atoms with Crippen molar-refractivity contribution in [2.45, 2.75) is 229 Å². The Kier molecular flexibility index (Phi) is 19.2. The Morgan fingerprint density at radius 1 is 0.739 bits per heavy atom. The van der Waals surface area contributed by atoms with Gasteiger partial charge in [-0.15, -0.1) is 0 Å². The zero-order chi connectivity index (χ0) is 51.5. The second-order valence-corrected chi connectivity index (χ2v) is 24.6. The van der Waals surface area contributed by atoms with Gasteiger partial charge in [0.25, 0.3) is 0 Å². The lowest BCUT2D eigenvalue weighted by molar-refractivity contribution is -0.238. The molecular formula is C56H96O13. The monoisotopic (exact) mass is 977 g/mol. The quantitative estimate of drug-likeness (QED) is 0.0431. The molecule has 0 heterocycles. The number of carbonyl (C=O) groups is 3. The predicted molar refractivity (Wildman–Crippen MR) is 264 cm³/mol. The fraction of sp³-hybridized carbons (Fsp3) is 0.911. The van der Waals surface area contributed by atoms with Crippen molar-refractivity contribution in [3.63, 3.8) is 0 Å². The molecule has 0 aromatic heterocycles. The van der Waals surface area contributed by atoms with Crippen molar-refractivity contribution >= 4 is 17.9 Å². The fourth-order valence-electron chi connectivity index (χ4n) is 14.8. The van der Waals surface area contributed by atoms with Crippen LogP contribution in [0.15, 0.2) is 11.6 Å². The van der Waals surface area contributed by atoms with Crippen LogP contribution in [0.25, 0.3) is 0 Å². The summed E-state index contributed by atoms with van der Waals surface area (Å²) in [6.45, 7) is 25.8. The maximum Gasteiger partial charge on any atom is 0.318 e. The van der Waals surface area contributed by atoms with E-state index in [9.17, 15) is 30.0 Å². The van der Waals surface area contributed by atoms with Crippen molar-refractivity contribution in [2.75, 3.05) is 27.6 Å². The van der Waals surface area contributed by atoms with E-state index in [-0.39, 0.29) is 96.1 Å². The Morgan fingerprint density at radius 3 is 1.91 bits per heavy atom. The average molecular weight is 977 g/mol.